The van der Waals surface area contributed by atoms with Gasteiger partial charge in [0.15, 0.2) is 9.84 Å². The van der Waals surface area contributed by atoms with Crippen molar-refractivity contribution in [3.63, 3.8) is 0 Å². The smallest absolute Gasteiger partial charge is 0.155 e. The summed E-state index contributed by atoms with van der Waals surface area (Å²) >= 11 is 0. The van der Waals surface area contributed by atoms with Crippen LogP contribution < -0.4 is 0 Å². The van der Waals surface area contributed by atoms with Crippen LogP contribution >= 0.6 is 0 Å². The molecule has 0 aromatic carbocycles. The van der Waals surface area contributed by atoms with Crippen LogP contribution in [0.3, 0.4) is 0 Å². The maximum Gasteiger partial charge on any atom is 0.155 e. The van der Waals surface area contributed by atoms with Crippen molar-refractivity contribution in [3.05, 3.63) is 0 Å². The molecule has 0 aromatic heterocycles. The van der Waals surface area contributed by atoms with Gasteiger partial charge in [-0.2, -0.15) is 0 Å². The predicted octanol–water partition coefficient (Wildman–Crippen LogP) is 1.15. The quantitative estimate of drug-likeness (QED) is 0.699. The van der Waals surface area contributed by atoms with E-state index in [1.165, 1.54) is 0 Å². The van der Waals surface area contributed by atoms with Gasteiger partial charge in [0.2, 0.25) is 0 Å². The third-order valence-electron chi connectivity index (χ3n) is 3.01. The molecular formula is C10H21NO2S. The summed E-state index contributed by atoms with van der Waals surface area (Å²) in [7, 11) is -2.83. The van der Waals surface area contributed by atoms with Crippen molar-refractivity contribution in [1.82, 2.24) is 4.90 Å². The van der Waals surface area contributed by atoms with Crippen LogP contribution in [0.15, 0.2) is 0 Å². The van der Waals surface area contributed by atoms with E-state index in [1.807, 2.05) is 13.8 Å². The van der Waals surface area contributed by atoms with Gasteiger partial charge in [0.1, 0.15) is 0 Å². The molecule has 3 nitrogen and oxygen atoms in total. The van der Waals surface area contributed by atoms with Gasteiger partial charge in [-0.15, -0.1) is 0 Å². The molecule has 0 radical (unpaired) electrons. The third kappa shape index (κ3) is 2.48. The molecule has 0 spiro atoms. The summed E-state index contributed by atoms with van der Waals surface area (Å²) < 4.78 is 23.5. The first-order valence-electron chi connectivity index (χ1n) is 5.30. The summed E-state index contributed by atoms with van der Waals surface area (Å²) in [6.07, 6.45) is 0. The van der Waals surface area contributed by atoms with Crippen molar-refractivity contribution >= 4 is 9.84 Å². The largest absolute Gasteiger partial charge is 0.299 e. The van der Waals surface area contributed by atoms with Gasteiger partial charge in [-0.05, 0) is 19.8 Å². The Bertz CT molecular complexity index is 282. The molecule has 0 N–H and O–H groups in total. The van der Waals surface area contributed by atoms with E-state index in [1.54, 1.807) is 0 Å². The molecule has 0 aliphatic carbocycles. The maximum atomic E-state index is 11.8. The average Bonchev–Trinajstić information content (AvgIpc) is 2.02. The molecule has 1 aliphatic heterocycles. The summed E-state index contributed by atoms with van der Waals surface area (Å²) in [6.45, 7) is 9.63. The monoisotopic (exact) mass is 219 g/mol. The van der Waals surface area contributed by atoms with Gasteiger partial charge in [0.05, 0.1) is 11.0 Å². The molecule has 1 saturated heterocycles. The highest BCUT2D eigenvalue weighted by Gasteiger charge is 2.35. The van der Waals surface area contributed by atoms with Crippen molar-refractivity contribution in [2.24, 2.45) is 5.92 Å². The van der Waals surface area contributed by atoms with E-state index in [4.69, 9.17) is 0 Å². The highest BCUT2D eigenvalue weighted by Crippen LogP contribution is 2.20. The van der Waals surface area contributed by atoms with E-state index in [0.717, 1.165) is 0 Å². The Balaban J connectivity index is 2.78. The Kier molecular flexibility index (Phi) is 3.58. The lowest BCUT2D eigenvalue weighted by molar-refractivity contribution is 0.212. The molecule has 0 amide bonds. The summed E-state index contributed by atoms with van der Waals surface area (Å²) in [6, 6.07) is 0.451. The van der Waals surface area contributed by atoms with Crippen LogP contribution in [-0.4, -0.2) is 43.5 Å². The molecule has 1 atom stereocenters. The minimum Gasteiger partial charge on any atom is -0.299 e. The van der Waals surface area contributed by atoms with Crippen molar-refractivity contribution in [1.29, 1.82) is 0 Å². The fourth-order valence-electron chi connectivity index (χ4n) is 1.93. The van der Waals surface area contributed by atoms with Crippen molar-refractivity contribution < 1.29 is 8.42 Å². The van der Waals surface area contributed by atoms with Crippen LogP contribution in [0.4, 0.5) is 0 Å². The first kappa shape index (κ1) is 12.0. The standard InChI is InChI=1S/C10H21NO2S/c1-8(2)10-7-11(9(3)4)5-6-14(10,12)13/h8-10H,5-7H2,1-4H3. The second-order valence-electron chi connectivity index (χ2n) is 4.74. The zero-order chi connectivity index (χ0) is 10.9. The molecule has 0 aromatic rings. The van der Waals surface area contributed by atoms with E-state index in [0.29, 0.717) is 24.9 Å². The lowest BCUT2D eigenvalue weighted by atomic mass is 10.1. The normalized spacial score (nSPS) is 28.6. The highest BCUT2D eigenvalue weighted by molar-refractivity contribution is 7.92. The molecular weight excluding hydrogens is 198 g/mol. The zero-order valence-electron chi connectivity index (χ0n) is 9.53. The predicted molar refractivity (Wildman–Crippen MR) is 59.1 cm³/mol. The summed E-state index contributed by atoms with van der Waals surface area (Å²) in [5, 5.41) is -0.168. The summed E-state index contributed by atoms with van der Waals surface area (Å²) in [5.74, 6) is 0.551. The minimum absolute atomic E-state index is 0.168. The lowest BCUT2D eigenvalue weighted by Crippen LogP contribution is -2.51. The van der Waals surface area contributed by atoms with Crippen molar-refractivity contribution in [2.45, 2.75) is 39.0 Å². The average molecular weight is 219 g/mol. The van der Waals surface area contributed by atoms with Gasteiger partial charge in [-0.25, -0.2) is 8.42 Å². The van der Waals surface area contributed by atoms with Gasteiger partial charge in [-0.1, -0.05) is 13.8 Å². The van der Waals surface area contributed by atoms with Crippen LogP contribution in [0.2, 0.25) is 0 Å². The highest BCUT2D eigenvalue weighted by atomic mass is 32.2. The fourth-order valence-corrected chi connectivity index (χ4v) is 3.97. The van der Waals surface area contributed by atoms with E-state index < -0.39 is 9.84 Å². The molecule has 1 fully saturated rings. The molecule has 1 unspecified atom stereocenters. The van der Waals surface area contributed by atoms with Gasteiger partial charge in [0, 0.05) is 19.1 Å². The first-order valence-corrected chi connectivity index (χ1v) is 7.01. The number of sulfone groups is 1. The number of nitrogens with zero attached hydrogens (tertiary/aromatic N) is 1. The molecule has 1 heterocycles. The number of hydrogen-bond acceptors (Lipinski definition) is 3. The van der Waals surface area contributed by atoms with Crippen LogP contribution in [0.25, 0.3) is 0 Å². The van der Waals surface area contributed by atoms with Gasteiger partial charge >= 0.3 is 0 Å². The second kappa shape index (κ2) is 4.19. The molecule has 4 heteroatoms. The van der Waals surface area contributed by atoms with Crippen molar-refractivity contribution in [3.8, 4) is 0 Å². The SMILES string of the molecule is CC(C)C1CN(C(C)C)CCS1(=O)=O. The Labute approximate surface area is 87.4 Å². The van der Waals surface area contributed by atoms with Gasteiger partial charge in [0.25, 0.3) is 0 Å². The molecule has 84 valence electrons. The molecule has 0 saturated carbocycles. The topological polar surface area (TPSA) is 37.4 Å². The van der Waals surface area contributed by atoms with E-state index in [2.05, 4.69) is 18.7 Å². The van der Waals surface area contributed by atoms with Gasteiger partial charge < -0.3 is 0 Å². The number of hydrogen-bond donors (Lipinski definition) is 0. The van der Waals surface area contributed by atoms with Crippen LogP contribution in [0.1, 0.15) is 27.7 Å². The minimum atomic E-state index is -2.83. The van der Waals surface area contributed by atoms with E-state index >= 15 is 0 Å². The van der Waals surface area contributed by atoms with Crippen molar-refractivity contribution in [2.75, 3.05) is 18.8 Å². The van der Waals surface area contributed by atoms with E-state index in [9.17, 15) is 8.42 Å². The summed E-state index contributed by atoms with van der Waals surface area (Å²) in [4.78, 5) is 2.26. The van der Waals surface area contributed by atoms with Crippen LogP contribution in [0, 0.1) is 5.92 Å². The molecule has 14 heavy (non-hydrogen) atoms. The third-order valence-corrected chi connectivity index (χ3v) is 5.38. The molecule has 0 bridgehead atoms. The zero-order valence-corrected chi connectivity index (χ0v) is 10.3. The number of rotatable bonds is 2. The Hall–Kier alpha value is -0.0900. The molecule has 1 aliphatic rings. The van der Waals surface area contributed by atoms with Gasteiger partial charge in [-0.3, -0.25) is 4.90 Å². The Morgan fingerprint density at radius 1 is 1.21 bits per heavy atom. The fraction of sp³-hybridized carbons (Fsp3) is 1.00. The lowest BCUT2D eigenvalue weighted by Gasteiger charge is -2.36. The Morgan fingerprint density at radius 3 is 2.21 bits per heavy atom. The van der Waals surface area contributed by atoms with Crippen LogP contribution in [0.5, 0.6) is 0 Å². The first-order chi connectivity index (χ1) is 6.34. The second-order valence-corrected chi connectivity index (χ2v) is 7.08. The Morgan fingerprint density at radius 2 is 1.79 bits per heavy atom. The summed E-state index contributed by atoms with van der Waals surface area (Å²) in [5.41, 5.74) is 0. The van der Waals surface area contributed by atoms with Crippen LogP contribution in [-0.2, 0) is 9.84 Å². The van der Waals surface area contributed by atoms with E-state index in [-0.39, 0.29) is 11.2 Å². The molecule has 1 rings (SSSR count). The maximum absolute atomic E-state index is 11.8.